The lowest BCUT2D eigenvalue weighted by Gasteiger charge is -2.34. The van der Waals surface area contributed by atoms with Crippen molar-refractivity contribution in [1.82, 2.24) is 9.80 Å². The van der Waals surface area contributed by atoms with Crippen molar-refractivity contribution in [3.63, 3.8) is 0 Å². The van der Waals surface area contributed by atoms with Crippen LogP contribution in [0, 0.1) is 6.92 Å². The van der Waals surface area contributed by atoms with E-state index in [1.807, 2.05) is 81.1 Å². The van der Waals surface area contributed by atoms with E-state index in [2.05, 4.69) is 4.90 Å². The van der Waals surface area contributed by atoms with Gasteiger partial charge in [-0.3, -0.25) is 24.2 Å². The fourth-order valence-corrected chi connectivity index (χ4v) is 6.39. The Morgan fingerprint density at radius 1 is 0.750 bits per heavy atom. The predicted molar refractivity (Wildman–Crippen MR) is 205 cm³/mol. The summed E-state index contributed by atoms with van der Waals surface area (Å²) in [7, 11) is 0. The maximum atomic E-state index is 13.3. The monoisotopic (exact) mass is 784 g/mol. The molecule has 306 valence electrons. The molecule has 13 heteroatoms. The van der Waals surface area contributed by atoms with Crippen molar-refractivity contribution >= 4 is 17.7 Å². The van der Waals surface area contributed by atoms with E-state index in [1.54, 1.807) is 20.8 Å². The Bertz CT molecular complexity index is 1780. The summed E-state index contributed by atoms with van der Waals surface area (Å²) in [6, 6.07) is 18.5. The van der Waals surface area contributed by atoms with E-state index in [0.29, 0.717) is 50.8 Å². The smallest absolute Gasteiger partial charge is 0.416 e. The molecule has 10 nitrogen and oxygen atoms in total. The first-order chi connectivity index (χ1) is 26.2. The number of ether oxygens (including phenoxy) is 4. The molecule has 2 atom stereocenters. The number of hydrogen-bond donors (Lipinski definition) is 1. The second-order valence-electron chi connectivity index (χ2n) is 16.0. The van der Waals surface area contributed by atoms with E-state index in [0.717, 1.165) is 23.2 Å². The number of carbonyl (C=O) groups excluding carboxylic acids is 3. The lowest BCUT2D eigenvalue weighted by atomic mass is 9.97. The predicted octanol–water partition coefficient (Wildman–Crippen LogP) is 7.85. The molecule has 0 aliphatic carbocycles. The van der Waals surface area contributed by atoms with Gasteiger partial charge in [-0.25, -0.2) is 0 Å². The number of rotatable bonds is 10. The Morgan fingerprint density at radius 3 is 1.79 bits per heavy atom. The number of morpholine rings is 2. The number of halogens is 3. The molecule has 5 rings (SSSR count). The van der Waals surface area contributed by atoms with Crippen LogP contribution in [0.2, 0.25) is 0 Å². The number of ketones is 1. The van der Waals surface area contributed by atoms with Crippen molar-refractivity contribution in [2.24, 2.45) is 0 Å². The number of carbonyl (C=O) groups is 3. The van der Waals surface area contributed by atoms with Crippen molar-refractivity contribution in [2.45, 2.75) is 90.9 Å². The van der Waals surface area contributed by atoms with Crippen LogP contribution in [0.25, 0.3) is 0 Å². The van der Waals surface area contributed by atoms with E-state index < -0.39 is 34.8 Å². The molecule has 2 unspecified atom stereocenters. The first kappa shape index (κ1) is 44.4. The van der Waals surface area contributed by atoms with E-state index in [4.69, 9.17) is 18.9 Å². The summed E-state index contributed by atoms with van der Waals surface area (Å²) >= 11 is 0. The number of benzene rings is 3. The molecule has 3 aromatic carbocycles. The zero-order valence-corrected chi connectivity index (χ0v) is 33.4. The standard InChI is InChI=1S/C25H31NO4.C18H24F3NO4/c1-18-7-5-6-8-21(18)24(28)20-11-9-19(10-12-20)22-17-26(15-16-29-22)14-13-23(27)30-25(2,3)4;1-17(2,3)26-16(24)6-7-22-8-9-25-15(11-22)13-5-4-12(23)10-14(13)18(19,20)21/h5-12,22H,13-17H2,1-4H3;4-5,10,15,23H,6-9,11H2,1-3H3. The van der Waals surface area contributed by atoms with E-state index in [1.165, 1.54) is 12.1 Å². The Balaban J connectivity index is 0.000000251. The zero-order chi connectivity index (χ0) is 41.3. The van der Waals surface area contributed by atoms with E-state index >= 15 is 0 Å². The van der Waals surface area contributed by atoms with Gasteiger partial charge in [0.25, 0.3) is 0 Å². The molecule has 0 radical (unpaired) electrons. The minimum absolute atomic E-state index is 0.0164. The Morgan fingerprint density at radius 2 is 1.27 bits per heavy atom. The van der Waals surface area contributed by atoms with Gasteiger partial charge in [0.1, 0.15) is 17.0 Å². The zero-order valence-electron chi connectivity index (χ0n) is 33.4. The first-order valence-electron chi connectivity index (χ1n) is 18.9. The third-order valence-corrected chi connectivity index (χ3v) is 9.03. The molecule has 0 saturated carbocycles. The molecule has 2 heterocycles. The van der Waals surface area contributed by atoms with Crippen molar-refractivity contribution < 1.29 is 51.6 Å². The molecule has 0 bridgehead atoms. The Hall–Kier alpha value is -4.30. The highest BCUT2D eigenvalue weighted by Gasteiger charge is 2.37. The molecule has 3 aromatic rings. The largest absolute Gasteiger partial charge is 0.508 e. The molecule has 2 fully saturated rings. The second kappa shape index (κ2) is 19.2. The van der Waals surface area contributed by atoms with Gasteiger partial charge in [-0.1, -0.05) is 54.6 Å². The van der Waals surface area contributed by atoms with Gasteiger partial charge in [0.2, 0.25) is 0 Å². The molecule has 2 saturated heterocycles. The lowest BCUT2D eigenvalue weighted by molar-refractivity contribution is -0.156. The normalized spacial score (nSPS) is 18.4. The number of aryl methyl sites for hydroxylation is 1. The second-order valence-corrected chi connectivity index (χ2v) is 16.0. The summed E-state index contributed by atoms with van der Waals surface area (Å²) in [5.41, 5.74) is 1.47. The van der Waals surface area contributed by atoms with Gasteiger partial charge in [0.15, 0.2) is 5.78 Å². The third kappa shape index (κ3) is 14.0. The van der Waals surface area contributed by atoms with Crippen LogP contribution in [0.15, 0.2) is 66.7 Å². The highest BCUT2D eigenvalue weighted by Crippen LogP contribution is 2.38. The molecular weight excluding hydrogens is 729 g/mol. The molecule has 2 aliphatic rings. The molecule has 1 N–H and O–H groups in total. The van der Waals surface area contributed by atoms with Crippen LogP contribution >= 0.6 is 0 Å². The fraction of sp³-hybridized carbons (Fsp3) is 0.512. The number of phenolic OH excluding ortho intramolecular Hbond substituents is 1. The molecular formula is C43H55F3N2O8. The van der Waals surface area contributed by atoms with Gasteiger partial charge < -0.3 is 24.1 Å². The SMILES string of the molecule is CC(C)(C)OC(=O)CCN1CCOC(c2ccc(O)cc2C(F)(F)F)C1.Cc1ccccc1C(=O)c1ccc(C2CN(CCC(=O)OC(C)(C)C)CCO2)cc1. The topological polar surface area (TPSA) is 115 Å². The van der Waals surface area contributed by atoms with Gasteiger partial charge in [0, 0.05) is 50.4 Å². The lowest BCUT2D eigenvalue weighted by Crippen LogP contribution is -2.40. The number of nitrogens with zero attached hydrogens (tertiary/aromatic N) is 2. The average molecular weight is 785 g/mol. The number of alkyl halides is 3. The first-order valence-corrected chi connectivity index (χ1v) is 18.9. The Labute approximate surface area is 327 Å². The molecule has 0 spiro atoms. The maximum absolute atomic E-state index is 13.3. The average Bonchev–Trinajstić information content (AvgIpc) is 3.12. The van der Waals surface area contributed by atoms with Crippen LogP contribution in [0.1, 0.15) is 105 Å². The fourth-order valence-electron chi connectivity index (χ4n) is 6.39. The summed E-state index contributed by atoms with van der Waals surface area (Å²) in [5.74, 6) is -0.937. The van der Waals surface area contributed by atoms with Crippen LogP contribution in [0.5, 0.6) is 5.75 Å². The third-order valence-electron chi connectivity index (χ3n) is 9.03. The minimum Gasteiger partial charge on any atom is -0.508 e. The quantitative estimate of drug-likeness (QED) is 0.161. The van der Waals surface area contributed by atoms with Crippen LogP contribution < -0.4 is 0 Å². The van der Waals surface area contributed by atoms with Gasteiger partial charge in [-0.15, -0.1) is 0 Å². The van der Waals surface area contributed by atoms with Gasteiger partial charge in [0.05, 0.1) is 43.8 Å². The summed E-state index contributed by atoms with van der Waals surface area (Å²) in [4.78, 5) is 40.7. The van der Waals surface area contributed by atoms with Crippen LogP contribution in [-0.2, 0) is 34.7 Å². The maximum Gasteiger partial charge on any atom is 0.416 e. The van der Waals surface area contributed by atoms with Crippen molar-refractivity contribution in [3.8, 4) is 5.75 Å². The minimum atomic E-state index is -4.59. The number of phenols is 1. The highest BCUT2D eigenvalue weighted by atomic mass is 19.4. The highest BCUT2D eigenvalue weighted by molar-refractivity contribution is 6.09. The molecule has 56 heavy (non-hydrogen) atoms. The molecule has 2 aliphatic heterocycles. The Kier molecular flexibility index (Phi) is 15.3. The van der Waals surface area contributed by atoms with Crippen LogP contribution in [-0.4, -0.2) is 96.3 Å². The van der Waals surface area contributed by atoms with Gasteiger partial charge in [-0.2, -0.15) is 13.2 Å². The van der Waals surface area contributed by atoms with Crippen molar-refractivity contribution in [1.29, 1.82) is 0 Å². The van der Waals surface area contributed by atoms with Crippen molar-refractivity contribution in [2.75, 3.05) is 52.5 Å². The van der Waals surface area contributed by atoms with Gasteiger partial charge >= 0.3 is 18.1 Å². The summed E-state index contributed by atoms with van der Waals surface area (Å²) < 4.78 is 61.8. The molecule has 0 amide bonds. The van der Waals surface area contributed by atoms with Crippen LogP contribution in [0.4, 0.5) is 13.2 Å². The molecule has 0 aromatic heterocycles. The number of hydrogen-bond acceptors (Lipinski definition) is 10. The summed E-state index contributed by atoms with van der Waals surface area (Å²) in [6.07, 6.45) is -4.91. The number of aromatic hydroxyl groups is 1. The van der Waals surface area contributed by atoms with Gasteiger partial charge in [-0.05, 0) is 77.3 Å². The number of esters is 2. The van der Waals surface area contributed by atoms with Crippen LogP contribution in [0.3, 0.4) is 0 Å². The summed E-state index contributed by atoms with van der Waals surface area (Å²) in [6.45, 7) is 17.1. The van der Waals surface area contributed by atoms with E-state index in [9.17, 15) is 32.7 Å². The van der Waals surface area contributed by atoms with E-state index in [-0.39, 0.29) is 49.0 Å². The van der Waals surface area contributed by atoms with Crippen molar-refractivity contribution in [3.05, 3.63) is 100 Å². The summed E-state index contributed by atoms with van der Waals surface area (Å²) in [5, 5.41) is 9.39.